The van der Waals surface area contributed by atoms with Gasteiger partial charge in [0.1, 0.15) is 0 Å². The van der Waals surface area contributed by atoms with Crippen molar-refractivity contribution in [3.63, 3.8) is 0 Å². The molecular formula is C15H22N2S. The summed E-state index contributed by atoms with van der Waals surface area (Å²) >= 11 is 1.82. The highest BCUT2D eigenvalue weighted by Crippen LogP contribution is 2.35. The summed E-state index contributed by atoms with van der Waals surface area (Å²) in [5.74, 6) is 1.04. The number of rotatable bonds is 5. The Kier molecular flexibility index (Phi) is 4.38. The fraction of sp³-hybridized carbons (Fsp3) is 0.467. The van der Waals surface area contributed by atoms with Gasteiger partial charge in [-0.3, -0.25) is 0 Å². The zero-order valence-electron chi connectivity index (χ0n) is 11.3. The Bertz CT molecular complexity index is 504. The first kappa shape index (κ1) is 13.5. The highest BCUT2D eigenvalue weighted by Gasteiger charge is 2.25. The van der Waals surface area contributed by atoms with Crippen molar-refractivity contribution in [1.82, 2.24) is 5.32 Å². The van der Waals surface area contributed by atoms with Crippen LogP contribution < -0.4 is 11.1 Å². The Hall–Kier alpha value is -0.900. The molecule has 0 saturated carbocycles. The van der Waals surface area contributed by atoms with Crippen LogP contribution in [0.3, 0.4) is 0 Å². The molecule has 0 radical (unpaired) electrons. The molecule has 3 heteroatoms. The summed E-state index contributed by atoms with van der Waals surface area (Å²) in [6.45, 7) is 5.21. The zero-order chi connectivity index (χ0) is 13.1. The van der Waals surface area contributed by atoms with Crippen LogP contribution in [0.1, 0.15) is 25.5 Å². The molecule has 1 heterocycles. The lowest BCUT2D eigenvalue weighted by molar-refractivity contribution is 0.300. The quantitative estimate of drug-likeness (QED) is 0.867. The molecule has 2 unspecified atom stereocenters. The molecule has 2 aromatic rings. The van der Waals surface area contributed by atoms with Crippen LogP contribution in [0, 0.1) is 11.8 Å². The lowest BCUT2D eigenvalue weighted by Gasteiger charge is -2.29. The Balaban J connectivity index is 2.43. The molecule has 0 saturated heterocycles. The number of hydrogen-bond acceptors (Lipinski definition) is 3. The molecule has 3 N–H and O–H groups in total. The van der Waals surface area contributed by atoms with Gasteiger partial charge in [0.2, 0.25) is 0 Å². The first-order valence-electron chi connectivity index (χ1n) is 6.52. The summed E-state index contributed by atoms with van der Waals surface area (Å²) in [5.41, 5.74) is 7.35. The Morgan fingerprint density at radius 1 is 1.28 bits per heavy atom. The van der Waals surface area contributed by atoms with E-state index in [0.29, 0.717) is 24.4 Å². The van der Waals surface area contributed by atoms with E-state index in [-0.39, 0.29) is 0 Å². The lowest BCUT2D eigenvalue weighted by Crippen LogP contribution is -2.33. The molecule has 0 spiro atoms. The molecule has 0 fully saturated rings. The Morgan fingerprint density at radius 3 is 2.61 bits per heavy atom. The largest absolute Gasteiger partial charge is 0.330 e. The molecule has 0 bridgehead atoms. The summed E-state index contributed by atoms with van der Waals surface area (Å²) in [7, 11) is 2.03. The van der Waals surface area contributed by atoms with Crippen LogP contribution in [0.25, 0.3) is 10.1 Å². The number of fused-ring (bicyclic) bond motifs is 1. The van der Waals surface area contributed by atoms with Gasteiger partial charge in [0.25, 0.3) is 0 Å². The molecule has 2 atom stereocenters. The predicted octanol–water partition coefficient (Wildman–Crippen LogP) is 3.39. The molecule has 2 rings (SSSR count). The van der Waals surface area contributed by atoms with Crippen molar-refractivity contribution in [2.45, 2.75) is 19.9 Å². The number of benzene rings is 1. The van der Waals surface area contributed by atoms with Crippen LogP contribution in [0.2, 0.25) is 0 Å². The maximum atomic E-state index is 5.96. The van der Waals surface area contributed by atoms with E-state index in [0.717, 1.165) is 0 Å². The summed E-state index contributed by atoms with van der Waals surface area (Å²) in [6.07, 6.45) is 0. The Morgan fingerprint density at radius 2 is 2.00 bits per heavy atom. The van der Waals surface area contributed by atoms with Crippen LogP contribution in [0.5, 0.6) is 0 Å². The van der Waals surface area contributed by atoms with Crippen molar-refractivity contribution in [2.24, 2.45) is 17.6 Å². The van der Waals surface area contributed by atoms with E-state index in [1.807, 2.05) is 18.4 Å². The first-order valence-corrected chi connectivity index (χ1v) is 7.40. The van der Waals surface area contributed by atoms with Crippen molar-refractivity contribution < 1.29 is 0 Å². The van der Waals surface area contributed by atoms with Gasteiger partial charge < -0.3 is 11.1 Å². The van der Waals surface area contributed by atoms with E-state index in [9.17, 15) is 0 Å². The molecule has 18 heavy (non-hydrogen) atoms. The number of hydrogen-bond donors (Lipinski definition) is 2. The van der Waals surface area contributed by atoms with Gasteiger partial charge in [0.15, 0.2) is 0 Å². The van der Waals surface area contributed by atoms with Crippen LogP contribution >= 0.6 is 11.3 Å². The standard InChI is InChI=1S/C15H22N2S/c1-10(2)12(8-16)15(17-3)13-9-18-14-7-5-4-6-11(13)14/h4-7,9-10,12,15,17H,8,16H2,1-3H3. The molecule has 98 valence electrons. The molecule has 2 nitrogen and oxygen atoms in total. The van der Waals surface area contributed by atoms with Crippen LogP contribution in [0.4, 0.5) is 0 Å². The highest BCUT2D eigenvalue weighted by molar-refractivity contribution is 7.17. The molecular weight excluding hydrogens is 240 g/mol. The second-order valence-corrected chi connectivity index (χ2v) is 6.01. The topological polar surface area (TPSA) is 38.0 Å². The molecule has 0 aliphatic heterocycles. The third-order valence-electron chi connectivity index (χ3n) is 3.71. The van der Waals surface area contributed by atoms with Gasteiger partial charge in [-0.25, -0.2) is 0 Å². The molecule has 1 aromatic carbocycles. The molecule has 0 aliphatic rings. The Labute approximate surface area is 113 Å². The van der Waals surface area contributed by atoms with Crippen LogP contribution in [-0.2, 0) is 0 Å². The maximum Gasteiger partial charge on any atom is 0.0375 e. The summed E-state index contributed by atoms with van der Waals surface area (Å²) in [5, 5.41) is 7.09. The number of nitrogens with two attached hydrogens (primary N) is 1. The average Bonchev–Trinajstić information content (AvgIpc) is 2.79. The SMILES string of the molecule is CNC(c1csc2ccccc12)C(CN)C(C)C. The zero-order valence-corrected chi connectivity index (χ0v) is 12.1. The van der Waals surface area contributed by atoms with Crippen LogP contribution in [0.15, 0.2) is 29.6 Å². The number of thiophene rings is 1. The third kappa shape index (κ3) is 2.44. The second kappa shape index (κ2) is 5.83. The fourth-order valence-electron chi connectivity index (χ4n) is 2.63. The van der Waals surface area contributed by atoms with Gasteiger partial charge >= 0.3 is 0 Å². The fourth-order valence-corrected chi connectivity index (χ4v) is 3.63. The molecule has 0 aliphatic carbocycles. The lowest BCUT2D eigenvalue weighted by atomic mass is 9.84. The van der Waals surface area contributed by atoms with Crippen LogP contribution in [-0.4, -0.2) is 13.6 Å². The van der Waals surface area contributed by atoms with E-state index >= 15 is 0 Å². The summed E-state index contributed by atoms with van der Waals surface area (Å²) in [6, 6.07) is 8.94. The minimum absolute atomic E-state index is 0.339. The van der Waals surface area contributed by atoms with E-state index in [2.05, 4.69) is 48.8 Å². The number of nitrogens with one attached hydrogen (secondary N) is 1. The van der Waals surface area contributed by atoms with Crippen molar-refractivity contribution in [2.75, 3.05) is 13.6 Å². The van der Waals surface area contributed by atoms with E-state index < -0.39 is 0 Å². The summed E-state index contributed by atoms with van der Waals surface area (Å²) in [4.78, 5) is 0. The van der Waals surface area contributed by atoms with E-state index in [1.165, 1.54) is 15.6 Å². The first-order chi connectivity index (χ1) is 8.69. The predicted molar refractivity (Wildman–Crippen MR) is 81.0 cm³/mol. The van der Waals surface area contributed by atoms with E-state index in [4.69, 9.17) is 5.73 Å². The van der Waals surface area contributed by atoms with Crippen molar-refractivity contribution in [3.8, 4) is 0 Å². The second-order valence-electron chi connectivity index (χ2n) is 5.10. The van der Waals surface area contributed by atoms with Crippen molar-refractivity contribution >= 4 is 21.4 Å². The third-order valence-corrected chi connectivity index (χ3v) is 4.70. The molecule has 1 aromatic heterocycles. The van der Waals surface area contributed by atoms with Gasteiger partial charge in [-0.2, -0.15) is 0 Å². The molecule has 0 amide bonds. The van der Waals surface area contributed by atoms with Crippen molar-refractivity contribution in [1.29, 1.82) is 0 Å². The van der Waals surface area contributed by atoms with Gasteiger partial charge in [-0.05, 0) is 47.8 Å². The highest BCUT2D eigenvalue weighted by atomic mass is 32.1. The smallest absolute Gasteiger partial charge is 0.0375 e. The average molecular weight is 262 g/mol. The van der Waals surface area contributed by atoms with Gasteiger partial charge in [0.05, 0.1) is 0 Å². The van der Waals surface area contributed by atoms with E-state index in [1.54, 1.807) is 0 Å². The normalized spacial score (nSPS) is 15.2. The monoisotopic (exact) mass is 262 g/mol. The minimum Gasteiger partial charge on any atom is -0.330 e. The maximum absolute atomic E-state index is 5.96. The van der Waals surface area contributed by atoms with Gasteiger partial charge in [-0.15, -0.1) is 11.3 Å². The minimum atomic E-state index is 0.339. The summed E-state index contributed by atoms with van der Waals surface area (Å²) < 4.78 is 1.35. The van der Waals surface area contributed by atoms with Gasteiger partial charge in [0, 0.05) is 10.7 Å². The van der Waals surface area contributed by atoms with Crippen molar-refractivity contribution in [3.05, 3.63) is 35.2 Å². The van der Waals surface area contributed by atoms with Gasteiger partial charge in [-0.1, -0.05) is 32.0 Å².